The topological polar surface area (TPSA) is 63.7 Å². The first-order valence-corrected chi connectivity index (χ1v) is 9.23. The average molecular weight is 333 g/mol. The van der Waals surface area contributed by atoms with Gasteiger partial charge in [0.15, 0.2) is 0 Å². The molecule has 0 N–H and O–H groups in total. The van der Waals surface area contributed by atoms with Crippen LogP contribution in [0.25, 0.3) is 0 Å². The van der Waals surface area contributed by atoms with Gasteiger partial charge in [-0.15, -0.1) is 0 Å². The molecule has 5 heteroatoms. The van der Waals surface area contributed by atoms with Crippen LogP contribution >= 0.6 is 0 Å². The smallest absolute Gasteiger partial charge is 0.307 e. The Balaban J connectivity index is 1.45. The van der Waals surface area contributed by atoms with Gasteiger partial charge in [0.1, 0.15) is 0 Å². The maximum atomic E-state index is 12.4. The number of likely N-dealkylation sites (tertiary alicyclic amines) is 1. The number of ether oxygens (including phenoxy) is 1. The Kier molecular flexibility index (Phi) is 5.36. The minimum absolute atomic E-state index is 0.0801. The molecule has 0 radical (unpaired) electrons. The van der Waals surface area contributed by atoms with Gasteiger partial charge in [-0.2, -0.15) is 0 Å². The molecule has 1 saturated carbocycles. The molecular weight excluding hydrogens is 306 g/mol. The Labute approximate surface area is 143 Å². The van der Waals surface area contributed by atoms with Gasteiger partial charge < -0.3 is 4.74 Å². The van der Waals surface area contributed by atoms with Crippen molar-refractivity contribution in [3.05, 3.63) is 12.2 Å². The first-order chi connectivity index (χ1) is 11.6. The Hall–Kier alpha value is -1.65. The van der Waals surface area contributed by atoms with Crippen LogP contribution in [0.15, 0.2) is 12.2 Å². The molecule has 3 rings (SSSR count). The quantitative estimate of drug-likeness (QED) is 0.441. The molecule has 2 aliphatic carbocycles. The van der Waals surface area contributed by atoms with Crippen molar-refractivity contribution in [3.63, 3.8) is 0 Å². The summed E-state index contributed by atoms with van der Waals surface area (Å²) in [6.45, 7) is 2.77. The van der Waals surface area contributed by atoms with Crippen LogP contribution in [0.1, 0.15) is 51.9 Å². The van der Waals surface area contributed by atoms with Crippen LogP contribution in [0.4, 0.5) is 0 Å². The summed E-state index contributed by atoms with van der Waals surface area (Å²) >= 11 is 0. The molecule has 4 atom stereocenters. The Bertz CT molecular complexity index is 517. The van der Waals surface area contributed by atoms with Crippen molar-refractivity contribution in [3.8, 4) is 0 Å². The molecule has 0 aromatic carbocycles. The molecule has 0 bridgehead atoms. The van der Waals surface area contributed by atoms with E-state index in [1.165, 1.54) is 4.90 Å². The molecule has 132 valence electrons. The minimum atomic E-state index is -0.313. The molecule has 0 aromatic heterocycles. The first-order valence-electron chi connectivity index (χ1n) is 9.23. The van der Waals surface area contributed by atoms with Crippen LogP contribution < -0.4 is 0 Å². The van der Waals surface area contributed by atoms with E-state index in [0.717, 1.165) is 38.5 Å². The van der Waals surface area contributed by atoms with Crippen LogP contribution in [0.5, 0.6) is 0 Å². The van der Waals surface area contributed by atoms with Gasteiger partial charge in [-0.1, -0.05) is 31.9 Å². The van der Waals surface area contributed by atoms with Crippen LogP contribution in [0, 0.1) is 23.7 Å². The lowest BCUT2D eigenvalue weighted by atomic mass is 9.81. The van der Waals surface area contributed by atoms with Crippen LogP contribution in [-0.2, 0) is 19.1 Å². The SMILES string of the molecule is CC1CC=CCC1COC(=O)CCN1C(=O)C2CCCCC2C1=O. The maximum absolute atomic E-state index is 12.4. The largest absolute Gasteiger partial charge is 0.465 e. The molecule has 5 nitrogen and oxygen atoms in total. The molecule has 1 heterocycles. The van der Waals surface area contributed by atoms with Crippen molar-refractivity contribution in [2.45, 2.75) is 51.9 Å². The summed E-state index contributed by atoms with van der Waals surface area (Å²) < 4.78 is 5.38. The van der Waals surface area contributed by atoms with Gasteiger partial charge in [-0.05, 0) is 37.5 Å². The third-order valence-electron chi connectivity index (χ3n) is 5.85. The number of hydrogen-bond donors (Lipinski definition) is 0. The van der Waals surface area contributed by atoms with Crippen LogP contribution in [0.3, 0.4) is 0 Å². The first kappa shape index (κ1) is 17.2. The van der Waals surface area contributed by atoms with E-state index in [0.29, 0.717) is 18.4 Å². The summed E-state index contributed by atoms with van der Waals surface area (Å²) in [7, 11) is 0. The lowest BCUT2D eigenvalue weighted by Gasteiger charge is -2.24. The highest BCUT2D eigenvalue weighted by Crippen LogP contribution is 2.38. The molecule has 24 heavy (non-hydrogen) atoms. The van der Waals surface area contributed by atoms with E-state index in [9.17, 15) is 14.4 Å². The fraction of sp³-hybridized carbons (Fsp3) is 0.737. The highest BCUT2D eigenvalue weighted by atomic mass is 16.5. The van der Waals surface area contributed by atoms with E-state index in [1.807, 2.05) is 0 Å². The number of carbonyl (C=O) groups excluding carboxylic acids is 3. The van der Waals surface area contributed by atoms with E-state index in [-0.39, 0.29) is 42.6 Å². The van der Waals surface area contributed by atoms with Crippen molar-refractivity contribution in [2.24, 2.45) is 23.7 Å². The molecule has 0 spiro atoms. The summed E-state index contributed by atoms with van der Waals surface area (Å²) in [6, 6.07) is 0. The van der Waals surface area contributed by atoms with E-state index in [2.05, 4.69) is 19.1 Å². The van der Waals surface area contributed by atoms with E-state index >= 15 is 0 Å². The summed E-state index contributed by atoms with van der Waals surface area (Å²) in [5.74, 6) is 0.137. The highest BCUT2D eigenvalue weighted by Gasteiger charge is 2.47. The number of esters is 1. The zero-order valence-electron chi connectivity index (χ0n) is 14.4. The number of imide groups is 1. The van der Waals surface area contributed by atoms with E-state index < -0.39 is 0 Å². The average Bonchev–Trinajstić information content (AvgIpc) is 2.84. The lowest BCUT2D eigenvalue weighted by molar-refractivity contribution is -0.147. The van der Waals surface area contributed by atoms with Crippen LogP contribution in [-0.4, -0.2) is 35.8 Å². The molecule has 1 aliphatic heterocycles. The lowest BCUT2D eigenvalue weighted by Crippen LogP contribution is -2.33. The van der Waals surface area contributed by atoms with Crippen molar-refractivity contribution in [2.75, 3.05) is 13.2 Å². The number of allylic oxidation sites excluding steroid dienone is 2. The van der Waals surface area contributed by atoms with Crippen molar-refractivity contribution in [1.29, 1.82) is 0 Å². The molecule has 2 amide bonds. The highest BCUT2D eigenvalue weighted by molar-refractivity contribution is 6.05. The summed E-state index contributed by atoms with van der Waals surface area (Å²) in [6.07, 6.45) is 10.0. The number of carbonyl (C=O) groups is 3. The summed E-state index contributed by atoms with van der Waals surface area (Å²) in [5.41, 5.74) is 0. The van der Waals surface area contributed by atoms with Gasteiger partial charge in [0.25, 0.3) is 0 Å². The molecule has 4 unspecified atom stereocenters. The molecule has 2 fully saturated rings. The second-order valence-corrected chi connectivity index (χ2v) is 7.44. The Morgan fingerprint density at radius 2 is 1.75 bits per heavy atom. The predicted octanol–water partition coefficient (Wildman–Crippen LogP) is 2.70. The zero-order chi connectivity index (χ0) is 17.1. The number of nitrogens with zero attached hydrogens (tertiary/aromatic N) is 1. The number of amides is 2. The second kappa shape index (κ2) is 7.49. The monoisotopic (exact) mass is 333 g/mol. The van der Waals surface area contributed by atoms with Crippen LogP contribution in [0.2, 0.25) is 0 Å². The fourth-order valence-electron chi connectivity index (χ4n) is 4.17. The summed E-state index contributed by atoms with van der Waals surface area (Å²) in [5, 5.41) is 0. The van der Waals surface area contributed by atoms with Gasteiger partial charge in [0, 0.05) is 6.54 Å². The number of fused-ring (bicyclic) bond motifs is 1. The third-order valence-corrected chi connectivity index (χ3v) is 5.85. The number of rotatable bonds is 5. The van der Waals surface area contributed by atoms with Gasteiger partial charge in [-0.25, -0.2) is 0 Å². The Morgan fingerprint density at radius 3 is 2.38 bits per heavy atom. The molecule has 1 saturated heterocycles. The third kappa shape index (κ3) is 3.55. The van der Waals surface area contributed by atoms with Gasteiger partial charge >= 0.3 is 5.97 Å². The number of hydrogen-bond acceptors (Lipinski definition) is 4. The van der Waals surface area contributed by atoms with Gasteiger partial charge in [-0.3, -0.25) is 19.3 Å². The van der Waals surface area contributed by atoms with Gasteiger partial charge in [0.05, 0.1) is 24.9 Å². The summed E-state index contributed by atoms with van der Waals surface area (Å²) in [4.78, 5) is 38.0. The molecular formula is C19H27NO4. The second-order valence-electron chi connectivity index (χ2n) is 7.44. The normalized spacial score (nSPS) is 32.8. The van der Waals surface area contributed by atoms with E-state index in [1.54, 1.807) is 0 Å². The van der Waals surface area contributed by atoms with Crippen molar-refractivity contribution in [1.82, 2.24) is 4.90 Å². The van der Waals surface area contributed by atoms with Gasteiger partial charge in [0.2, 0.25) is 11.8 Å². The molecule has 0 aromatic rings. The Morgan fingerprint density at radius 1 is 1.12 bits per heavy atom. The van der Waals surface area contributed by atoms with Crippen molar-refractivity contribution >= 4 is 17.8 Å². The van der Waals surface area contributed by atoms with E-state index in [4.69, 9.17) is 4.74 Å². The van der Waals surface area contributed by atoms with Crippen molar-refractivity contribution < 1.29 is 19.1 Å². The minimum Gasteiger partial charge on any atom is -0.465 e. The fourth-order valence-corrected chi connectivity index (χ4v) is 4.17. The zero-order valence-corrected chi connectivity index (χ0v) is 14.4. The molecule has 3 aliphatic rings. The predicted molar refractivity (Wildman–Crippen MR) is 88.8 cm³/mol. The standard InChI is InChI=1S/C19H27NO4/c1-13-6-2-3-7-14(13)12-24-17(21)10-11-20-18(22)15-8-4-5-9-16(15)19(20)23/h2-3,13-16H,4-12H2,1H3. The maximum Gasteiger partial charge on any atom is 0.307 e.